The summed E-state index contributed by atoms with van der Waals surface area (Å²) in [5.74, 6) is -1.68. The van der Waals surface area contributed by atoms with Crippen LogP contribution in [0.1, 0.15) is 16.2 Å². The molecule has 0 aromatic carbocycles. The van der Waals surface area contributed by atoms with E-state index < -0.39 is 17.5 Å². The number of ether oxygens (including phenoxy) is 1. The molecule has 0 aliphatic heterocycles. The Labute approximate surface area is 83.9 Å². The normalized spacial score (nSPS) is 9.29. The van der Waals surface area contributed by atoms with Crippen molar-refractivity contribution in [2.75, 3.05) is 7.11 Å². The molecule has 0 saturated carbocycles. The Hall–Kier alpha value is -1.67. The van der Waals surface area contributed by atoms with E-state index in [9.17, 15) is 9.18 Å². The lowest BCUT2D eigenvalue weighted by Gasteiger charge is -2.01. The van der Waals surface area contributed by atoms with Crippen molar-refractivity contribution in [1.82, 2.24) is 4.98 Å². The van der Waals surface area contributed by atoms with Crippen molar-refractivity contribution in [2.24, 2.45) is 0 Å². The topological polar surface area (TPSA) is 63.0 Å². The Bertz CT molecular complexity index is 428. The molecule has 1 rings (SSSR count). The number of pyridine rings is 1. The summed E-state index contributed by atoms with van der Waals surface area (Å²) < 4.78 is 17.2. The van der Waals surface area contributed by atoms with E-state index in [2.05, 4.69) is 9.72 Å². The van der Waals surface area contributed by atoms with Gasteiger partial charge in [-0.25, -0.2) is 14.2 Å². The van der Waals surface area contributed by atoms with Crippen LogP contribution in [0.3, 0.4) is 0 Å². The van der Waals surface area contributed by atoms with E-state index in [1.54, 1.807) is 0 Å². The van der Waals surface area contributed by atoms with E-state index in [1.165, 1.54) is 6.07 Å². The van der Waals surface area contributed by atoms with Gasteiger partial charge in [0.15, 0.2) is 17.2 Å². The molecule has 0 atom stereocenters. The number of methoxy groups -OCH3 is 1. The summed E-state index contributed by atoms with van der Waals surface area (Å²) in [5.41, 5.74) is -0.762. The van der Waals surface area contributed by atoms with Crippen LogP contribution < -0.4 is 0 Å². The third kappa shape index (κ3) is 1.80. The molecule has 1 heterocycles. The van der Waals surface area contributed by atoms with Gasteiger partial charge in [-0.05, 0) is 6.07 Å². The fourth-order valence-electron chi connectivity index (χ4n) is 0.785. The molecule has 0 spiro atoms. The molecule has 0 aliphatic carbocycles. The lowest BCUT2D eigenvalue weighted by atomic mass is 10.3. The molecule has 0 saturated heterocycles. The summed E-state index contributed by atoms with van der Waals surface area (Å²) in [6, 6.07) is 2.34. The molecule has 72 valence electrons. The highest BCUT2D eigenvalue weighted by Crippen LogP contribution is 2.17. The fraction of sp³-hybridized carbons (Fsp3) is 0.125. The first kappa shape index (κ1) is 10.4. The highest BCUT2D eigenvalue weighted by atomic mass is 35.5. The summed E-state index contributed by atoms with van der Waals surface area (Å²) in [4.78, 5) is 14.4. The monoisotopic (exact) mass is 214 g/mol. The standard InChI is InChI=1S/C8H4ClFN2O2/c1-14-8(13)7-4(9)2-5(10)6(3-11)12-7/h2H,1H3. The Morgan fingerprint density at radius 3 is 2.93 bits per heavy atom. The van der Waals surface area contributed by atoms with Crippen molar-refractivity contribution < 1.29 is 13.9 Å². The second-order valence-electron chi connectivity index (χ2n) is 2.25. The van der Waals surface area contributed by atoms with E-state index in [4.69, 9.17) is 16.9 Å². The van der Waals surface area contributed by atoms with Crippen LogP contribution in [0.4, 0.5) is 4.39 Å². The minimum absolute atomic E-state index is 0.187. The maximum absolute atomic E-state index is 12.9. The average Bonchev–Trinajstić information content (AvgIpc) is 2.17. The van der Waals surface area contributed by atoms with Gasteiger partial charge in [0, 0.05) is 0 Å². The van der Waals surface area contributed by atoms with Crippen molar-refractivity contribution in [3.8, 4) is 6.07 Å². The minimum Gasteiger partial charge on any atom is -0.464 e. The third-order valence-corrected chi connectivity index (χ3v) is 1.70. The summed E-state index contributed by atoms with van der Waals surface area (Å²) in [7, 11) is 1.13. The summed E-state index contributed by atoms with van der Waals surface area (Å²) >= 11 is 5.52. The Balaban J connectivity index is 3.33. The molecule has 0 aliphatic rings. The van der Waals surface area contributed by atoms with Crippen molar-refractivity contribution >= 4 is 17.6 Å². The molecule has 4 nitrogen and oxygen atoms in total. The summed E-state index contributed by atoms with van der Waals surface area (Å²) in [5, 5.41) is 8.25. The van der Waals surface area contributed by atoms with Gasteiger partial charge in [0.2, 0.25) is 0 Å². The Morgan fingerprint density at radius 2 is 2.43 bits per heavy atom. The molecule has 0 N–H and O–H groups in total. The third-order valence-electron chi connectivity index (χ3n) is 1.41. The van der Waals surface area contributed by atoms with E-state index in [0.29, 0.717) is 0 Å². The highest BCUT2D eigenvalue weighted by molar-refractivity contribution is 6.33. The fourth-order valence-corrected chi connectivity index (χ4v) is 1.00. The molecule has 14 heavy (non-hydrogen) atoms. The molecule has 0 bridgehead atoms. The van der Waals surface area contributed by atoms with Crippen LogP contribution in [0.15, 0.2) is 6.07 Å². The van der Waals surface area contributed by atoms with Crippen LogP contribution in [0.5, 0.6) is 0 Å². The van der Waals surface area contributed by atoms with Crippen molar-refractivity contribution in [3.63, 3.8) is 0 Å². The number of nitrogens with zero attached hydrogens (tertiary/aromatic N) is 2. The summed E-state index contributed by atoms with van der Waals surface area (Å²) in [6.45, 7) is 0. The van der Waals surface area contributed by atoms with Gasteiger partial charge in [0.25, 0.3) is 0 Å². The lowest BCUT2D eigenvalue weighted by molar-refractivity contribution is 0.0594. The number of nitriles is 1. The van der Waals surface area contributed by atoms with Gasteiger partial charge >= 0.3 is 5.97 Å². The second kappa shape index (κ2) is 4.03. The van der Waals surface area contributed by atoms with Crippen LogP contribution in [-0.2, 0) is 4.74 Å². The van der Waals surface area contributed by atoms with Crippen LogP contribution >= 0.6 is 11.6 Å². The number of hydrogen-bond acceptors (Lipinski definition) is 4. The zero-order chi connectivity index (χ0) is 10.7. The van der Waals surface area contributed by atoms with Crippen molar-refractivity contribution in [1.29, 1.82) is 5.26 Å². The zero-order valence-electron chi connectivity index (χ0n) is 7.04. The average molecular weight is 215 g/mol. The first-order chi connectivity index (χ1) is 6.60. The first-order valence-corrected chi connectivity index (χ1v) is 3.82. The number of halogens is 2. The maximum atomic E-state index is 12.9. The number of aromatic nitrogens is 1. The smallest absolute Gasteiger partial charge is 0.358 e. The minimum atomic E-state index is -0.870. The first-order valence-electron chi connectivity index (χ1n) is 3.44. The van der Waals surface area contributed by atoms with Gasteiger partial charge < -0.3 is 4.74 Å². The lowest BCUT2D eigenvalue weighted by Crippen LogP contribution is -2.07. The SMILES string of the molecule is COC(=O)c1nc(C#N)c(F)cc1Cl. The number of carbonyl (C=O) groups excluding carboxylic acids is 1. The number of hydrogen-bond donors (Lipinski definition) is 0. The van der Waals surface area contributed by atoms with Gasteiger partial charge in [0.05, 0.1) is 12.1 Å². The van der Waals surface area contributed by atoms with E-state index in [0.717, 1.165) is 13.2 Å². The number of carbonyl (C=O) groups is 1. The second-order valence-corrected chi connectivity index (χ2v) is 2.66. The van der Waals surface area contributed by atoms with Gasteiger partial charge in [-0.3, -0.25) is 0 Å². The largest absolute Gasteiger partial charge is 0.464 e. The number of esters is 1. The zero-order valence-corrected chi connectivity index (χ0v) is 7.80. The van der Waals surface area contributed by atoms with Gasteiger partial charge in [-0.1, -0.05) is 11.6 Å². The van der Waals surface area contributed by atoms with Crippen LogP contribution in [0.25, 0.3) is 0 Å². The van der Waals surface area contributed by atoms with Crippen molar-refractivity contribution in [2.45, 2.75) is 0 Å². The molecule has 0 fully saturated rings. The van der Waals surface area contributed by atoms with E-state index in [-0.39, 0.29) is 10.7 Å². The quantitative estimate of drug-likeness (QED) is 0.665. The maximum Gasteiger partial charge on any atom is 0.358 e. The predicted molar refractivity (Wildman–Crippen MR) is 45.3 cm³/mol. The van der Waals surface area contributed by atoms with E-state index >= 15 is 0 Å². The van der Waals surface area contributed by atoms with Gasteiger partial charge in [-0.2, -0.15) is 5.26 Å². The molecule has 0 radical (unpaired) electrons. The Morgan fingerprint density at radius 1 is 1.79 bits per heavy atom. The van der Waals surface area contributed by atoms with Gasteiger partial charge in [-0.15, -0.1) is 0 Å². The molecule has 0 amide bonds. The van der Waals surface area contributed by atoms with E-state index in [1.807, 2.05) is 0 Å². The molecule has 0 unspecified atom stereocenters. The summed E-state index contributed by atoms with van der Waals surface area (Å²) in [6.07, 6.45) is 0. The van der Waals surface area contributed by atoms with Crippen molar-refractivity contribution in [3.05, 3.63) is 28.3 Å². The van der Waals surface area contributed by atoms with Gasteiger partial charge in [0.1, 0.15) is 6.07 Å². The molecule has 6 heteroatoms. The molecular weight excluding hydrogens is 211 g/mol. The Kier molecular flexibility index (Phi) is 2.99. The molecular formula is C8H4ClFN2O2. The molecule has 1 aromatic heterocycles. The van der Waals surface area contributed by atoms with Crippen LogP contribution in [0.2, 0.25) is 5.02 Å². The predicted octanol–water partition coefficient (Wildman–Crippen LogP) is 1.53. The number of rotatable bonds is 1. The molecule has 1 aromatic rings. The van der Waals surface area contributed by atoms with Crippen LogP contribution in [0, 0.1) is 17.1 Å². The highest BCUT2D eigenvalue weighted by Gasteiger charge is 2.16. The van der Waals surface area contributed by atoms with Crippen LogP contribution in [-0.4, -0.2) is 18.1 Å².